The first-order chi connectivity index (χ1) is 11.3. The molecule has 0 saturated heterocycles. The zero-order valence-electron chi connectivity index (χ0n) is 13.8. The maximum atomic E-state index is 11.9. The van der Waals surface area contributed by atoms with Gasteiger partial charge in [0.05, 0.1) is 11.2 Å². The molecular formula is C16H20N4O3S. The predicted molar refractivity (Wildman–Crippen MR) is 91.2 cm³/mol. The number of thioether (sulfide) groups is 1. The van der Waals surface area contributed by atoms with Crippen LogP contribution < -0.4 is 5.32 Å². The molecule has 0 fully saturated rings. The number of carbonyl (C=O) groups is 2. The van der Waals surface area contributed by atoms with Crippen LogP contribution in [-0.4, -0.2) is 44.0 Å². The highest BCUT2D eigenvalue weighted by Gasteiger charge is 2.27. The van der Waals surface area contributed by atoms with E-state index in [0.29, 0.717) is 5.16 Å². The Morgan fingerprint density at radius 3 is 2.58 bits per heavy atom. The van der Waals surface area contributed by atoms with Crippen molar-refractivity contribution in [3.05, 3.63) is 36.2 Å². The number of carboxylic acid groups (broad SMARTS) is 1. The van der Waals surface area contributed by atoms with Crippen LogP contribution >= 0.6 is 11.8 Å². The molecule has 7 nitrogen and oxygen atoms in total. The maximum Gasteiger partial charge on any atom is 0.310 e. The van der Waals surface area contributed by atoms with Gasteiger partial charge < -0.3 is 10.4 Å². The van der Waals surface area contributed by atoms with Crippen LogP contribution in [0.25, 0.3) is 5.69 Å². The van der Waals surface area contributed by atoms with E-state index in [9.17, 15) is 9.59 Å². The summed E-state index contributed by atoms with van der Waals surface area (Å²) in [6.45, 7) is 5.22. The lowest BCUT2D eigenvalue weighted by Gasteiger charge is -2.19. The van der Waals surface area contributed by atoms with E-state index in [-0.39, 0.29) is 18.2 Å². The van der Waals surface area contributed by atoms with Gasteiger partial charge in [-0.25, -0.2) is 0 Å². The summed E-state index contributed by atoms with van der Waals surface area (Å²) in [6, 6.07) is 7.89. The summed E-state index contributed by atoms with van der Waals surface area (Å²) < 4.78 is 1.80. The Bertz CT molecular complexity index is 725. The van der Waals surface area contributed by atoms with Crippen molar-refractivity contribution < 1.29 is 14.7 Å². The fourth-order valence-electron chi connectivity index (χ4n) is 1.78. The minimum atomic E-state index is -0.998. The van der Waals surface area contributed by atoms with Gasteiger partial charge in [-0.15, -0.1) is 10.2 Å². The minimum absolute atomic E-state index is 0.0758. The molecule has 2 rings (SSSR count). The van der Waals surface area contributed by atoms with E-state index in [1.54, 1.807) is 24.7 Å². The first-order valence-electron chi connectivity index (χ1n) is 7.39. The van der Waals surface area contributed by atoms with E-state index in [2.05, 4.69) is 15.5 Å². The van der Waals surface area contributed by atoms with Crippen molar-refractivity contribution in [1.82, 2.24) is 20.1 Å². The maximum absolute atomic E-state index is 11.9. The number of rotatable bonds is 7. The number of aromatic nitrogens is 3. The molecule has 2 aromatic rings. The van der Waals surface area contributed by atoms with Crippen molar-refractivity contribution in [2.75, 3.05) is 12.3 Å². The van der Waals surface area contributed by atoms with Crippen molar-refractivity contribution in [2.24, 2.45) is 5.41 Å². The van der Waals surface area contributed by atoms with E-state index in [1.165, 1.54) is 11.8 Å². The number of nitrogens with one attached hydrogen (secondary N) is 1. The second-order valence-electron chi connectivity index (χ2n) is 6.07. The molecule has 1 heterocycles. The van der Waals surface area contributed by atoms with Gasteiger partial charge in [-0.3, -0.25) is 14.2 Å². The van der Waals surface area contributed by atoms with Gasteiger partial charge in [-0.2, -0.15) is 0 Å². The summed E-state index contributed by atoms with van der Waals surface area (Å²) in [5.41, 5.74) is 1.07. The second kappa shape index (κ2) is 7.48. The quantitative estimate of drug-likeness (QED) is 0.742. The molecule has 0 aliphatic rings. The number of hydrogen-bond donors (Lipinski definition) is 2. The van der Waals surface area contributed by atoms with Gasteiger partial charge in [0.1, 0.15) is 6.33 Å². The number of amides is 1. The second-order valence-corrected chi connectivity index (χ2v) is 7.02. The number of aliphatic carboxylic acids is 1. The van der Waals surface area contributed by atoms with E-state index < -0.39 is 11.4 Å². The highest BCUT2D eigenvalue weighted by atomic mass is 32.2. The highest BCUT2D eigenvalue weighted by Crippen LogP contribution is 2.20. The average molecular weight is 348 g/mol. The third-order valence-corrected chi connectivity index (χ3v) is 4.41. The number of nitrogens with zero attached hydrogens (tertiary/aromatic N) is 3. The normalized spacial score (nSPS) is 11.3. The van der Waals surface area contributed by atoms with Gasteiger partial charge in [0.15, 0.2) is 5.16 Å². The summed E-state index contributed by atoms with van der Waals surface area (Å²) >= 11 is 1.25. The van der Waals surface area contributed by atoms with E-state index in [4.69, 9.17) is 5.11 Å². The Hall–Kier alpha value is -2.35. The van der Waals surface area contributed by atoms with Crippen molar-refractivity contribution >= 4 is 23.6 Å². The molecule has 128 valence electrons. The molecule has 0 aliphatic carbocycles. The van der Waals surface area contributed by atoms with E-state index in [0.717, 1.165) is 11.3 Å². The molecule has 24 heavy (non-hydrogen) atoms. The predicted octanol–water partition coefficient (Wildman–Crippen LogP) is 1.89. The van der Waals surface area contributed by atoms with Crippen molar-refractivity contribution in [1.29, 1.82) is 0 Å². The van der Waals surface area contributed by atoms with Crippen LogP contribution in [-0.2, 0) is 9.59 Å². The fraction of sp³-hybridized carbons (Fsp3) is 0.375. The van der Waals surface area contributed by atoms with Crippen molar-refractivity contribution in [3.8, 4) is 5.69 Å². The minimum Gasteiger partial charge on any atom is -0.481 e. The molecule has 0 saturated carbocycles. The molecule has 0 bridgehead atoms. The van der Waals surface area contributed by atoms with E-state index >= 15 is 0 Å². The highest BCUT2D eigenvalue weighted by molar-refractivity contribution is 7.99. The topological polar surface area (TPSA) is 97.1 Å². The number of aryl methyl sites for hydroxylation is 1. The van der Waals surface area contributed by atoms with E-state index in [1.807, 2.05) is 31.2 Å². The zero-order chi connectivity index (χ0) is 17.7. The Labute approximate surface area is 144 Å². The molecule has 8 heteroatoms. The molecule has 1 aromatic heterocycles. The molecule has 1 aromatic carbocycles. The van der Waals surface area contributed by atoms with Crippen LogP contribution in [0.15, 0.2) is 35.7 Å². The first kappa shape index (κ1) is 18.0. The van der Waals surface area contributed by atoms with Gasteiger partial charge in [-0.1, -0.05) is 29.5 Å². The summed E-state index contributed by atoms with van der Waals surface area (Å²) in [7, 11) is 0. The summed E-state index contributed by atoms with van der Waals surface area (Å²) in [6.07, 6.45) is 1.60. The van der Waals surface area contributed by atoms with Crippen LogP contribution in [0.2, 0.25) is 0 Å². The van der Waals surface area contributed by atoms with Crippen LogP contribution in [0.3, 0.4) is 0 Å². The molecule has 0 unspecified atom stereocenters. The average Bonchev–Trinajstić information content (AvgIpc) is 3.00. The number of hydrogen-bond acceptors (Lipinski definition) is 5. The molecular weight excluding hydrogens is 328 g/mol. The largest absolute Gasteiger partial charge is 0.481 e. The van der Waals surface area contributed by atoms with Gasteiger partial charge >= 0.3 is 5.97 Å². The van der Waals surface area contributed by atoms with Crippen LogP contribution in [0.1, 0.15) is 19.4 Å². The lowest BCUT2D eigenvalue weighted by Crippen LogP contribution is -2.39. The zero-order valence-corrected chi connectivity index (χ0v) is 14.6. The fourth-order valence-corrected chi connectivity index (χ4v) is 2.54. The third kappa shape index (κ3) is 4.58. The summed E-state index contributed by atoms with van der Waals surface area (Å²) in [5, 5.41) is 20.2. The van der Waals surface area contributed by atoms with Gasteiger partial charge in [0.2, 0.25) is 5.91 Å². The van der Waals surface area contributed by atoms with Crippen molar-refractivity contribution in [3.63, 3.8) is 0 Å². The SMILES string of the molecule is Cc1ccc(-n2cnnc2SCC(=O)NCC(C)(C)C(=O)O)cc1. The number of carboxylic acids is 1. The Kier molecular flexibility index (Phi) is 5.61. The third-order valence-electron chi connectivity index (χ3n) is 3.47. The lowest BCUT2D eigenvalue weighted by atomic mass is 9.94. The van der Waals surface area contributed by atoms with Crippen LogP contribution in [0, 0.1) is 12.3 Å². The van der Waals surface area contributed by atoms with Crippen LogP contribution in [0.5, 0.6) is 0 Å². The lowest BCUT2D eigenvalue weighted by molar-refractivity contribution is -0.146. The van der Waals surface area contributed by atoms with Gasteiger partial charge in [-0.05, 0) is 32.9 Å². The Morgan fingerprint density at radius 2 is 1.96 bits per heavy atom. The van der Waals surface area contributed by atoms with Gasteiger partial charge in [0.25, 0.3) is 0 Å². The molecule has 2 N–H and O–H groups in total. The van der Waals surface area contributed by atoms with Gasteiger partial charge in [0, 0.05) is 12.2 Å². The molecule has 1 amide bonds. The molecule has 0 aliphatic heterocycles. The molecule has 0 atom stereocenters. The molecule has 0 radical (unpaired) electrons. The first-order valence-corrected chi connectivity index (χ1v) is 8.38. The Balaban J connectivity index is 1.94. The number of carbonyl (C=O) groups excluding carboxylic acids is 1. The smallest absolute Gasteiger partial charge is 0.310 e. The molecule has 0 spiro atoms. The van der Waals surface area contributed by atoms with Crippen LogP contribution in [0.4, 0.5) is 0 Å². The summed E-state index contributed by atoms with van der Waals surface area (Å²) in [4.78, 5) is 22.9. The number of benzene rings is 1. The van der Waals surface area contributed by atoms with Crippen molar-refractivity contribution in [2.45, 2.75) is 25.9 Å². The standard InChI is InChI=1S/C16H20N4O3S/c1-11-4-6-12(7-5-11)20-10-18-19-15(20)24-8-13(21)17-9-16(2,3)14(22)23/h4-7,10H,8-9H2,1-3H3,(H,17,21)(H,22,23). The Morgan fingerprint density at radius 1 is 1.29 bits per heavy atom. The summed E-state index contributed by atoms with van der Waals surface area (Å²) in [5.74, 6) is -1.05. The monoisotopic (exact) mass is 348 g/mol.